The number of anilines is 2. The summed E-state index contributed by atoms with van der Waals surface area (Å²) in [6, 6.07) is 15.9. The van der Waals surface area contributed by atoms with Gasteiger partial charge in [-0.05, 0) is 53.9 Å². The monoisotopic (exact) mass is 463 g/mol. The van der Waals surface area contributed by atoms with E-state index in [2.05, 4.69) is 10.0 Å². The van der Waals surface area contributed by atoms with Gasteiger partial charge in [0.05, 0.1) is 6.54 Å². The molecular weight excluding hydrogens is 446 g/mol. The van der Waals surface area contributed by atoms with Gasteiger partial charge in [-0.1, -0.05) is 23.7 Å². The minimum atomic E-state index is -3.66. The lowest BCUT2D eigenvalue weighted by Crippen LogP contribution is -2.34. The quantitative estimate of drug-likeness (QED) is 0.555. The average Bonchev–Trinajstić information content (AvgIpc) is 3.23. The summed E-state index contributed by atoms with van der Waals surface area (Å²) in [5.74, 6) is -0.739. The molecular formula is C20H18ClN3O4S2. The lowest BCUT2D eigenvalue weighted by atomic mass is 10.2. The third kappa shape index (κ3) is 5.59. The third-order valence-corrected chi connectivity index (χ3v) is 6.99. The normalized spacial score (nSPS) is 11.0. The summed E-state index contributed by atoms with van der Waals surface area (Å²) in [6.07, 6.45) is 0. The zero-order chi connectivity index (χ0) is 21.7. The number of benzene rings is 2. The Kier molecular flexibility index (Phi) is 6.76. The molecule has 0 atom stereocenters. The Morgan fingerprint density at radius 2 is 1.77 bits per heavy atom. The van der Waals surface area contributed by atoms with Gasteiger partial charge >= 0.3 is 0 Å². The molecule has 3 rings (SSSR count). The molecule has 2 aromatic carbocycles. The highest BCUT2D eigenvalue weighted by Gasteiger charge is 2.17. The van der Waals surface area contributed by atoms with Gasteiger partial charge in [0.1, 0.15) is 4.21 Å². The molecule has 0 spiro atoms. The van der Waals surface area contributed by atoms with E-state index in [9.17, 15) is 18.0 Å². The Balaban J connectivity index is 1.60. The van der Waals surface area contributed by atoms with Crippen LogP contribution in [0.2, 0.25) is 5.02 Å². The van der Waals surface area contributed by atoms with E-state index in [-0.39, 0.29) is 22.6 Å². The predicted molar refractivity (Wildman–Crippen MR) is 119 cm³/mol. The number of sulfonamides is 1. The summed E-state index contributed by atoms with van der Waals surface area (Å²) in [6.45, 7) is -0.155. The summed E-state index contributed by atoms with van der Waals surface area (Å²) in [5, 5.41) is 4.84. The first kappa shape index (κ1) is 21.8. The molecule has 0 saturated carbocycles. The number of likely N-dealkylation sites (N-methyl/N-ethyl adjacent to an activating group) is 1. The number of halogens is 1. The lowest BCUT2D eigenvalue weighted by Gasteiger charge is -2.17. The Hall–Kier alpha value is -2.88. The summed E-state index contributed by atoms with van der Waals surface area (Å²) < 4.78 is 27.2. The van der Waals surface area contributed by atoms with Crippen molar-refractivity contribution >= 4 is 56.2 Å². The molecule has 0 aliphatic rings. The van der Waals surface area contributed by atoms with Crippen LogP contribution < -0.4 is 10.0 Å². The van der Waals surface area contributed by atoms with Crippen molar-refractivity contribution in [3.05, 3.63) is 76.6 Å². The van der Waals surface area contributed by atoms with E-state index >= 15 is 0 Å². The molecule has 2 amide bonds. The molecule has 3 aromatic rings. The summed E-state index contributed by atoms with van der Waals surface area (Å²) in [4.78, 5) is 26.0. The number of hydrogen-bond acceptors (Lipinski definition) is 5. The van der Waals surface area contributed by atoms with Crippen molar-refractivity contribution in [2.75, 3.05) is 23.6 Å². The standard InChI is InChI=1S/C20H18ClN3O4S2/c1-24(13-18(25)22-17-5-2-4-15(21)12-17)20(26)14-7-9-16(10-8-14)23-30(27,28)19-6-3-11-29-19/h2-12,23H,13H2,1H3,(H,22,25). The molecule has 0 radical (unpaired) electrons. The number of thiophene rings is 1. The maximum absolute atomic E-state index is 12.6. The van der Waals surface area contributed by atoms with Crippen LogP contribution >= 0.6 is 22.9 Å². The second-order valence-corrected chi connectivity index (χ2v) is 9.63. The molecule has 0 aliphatic heterocycles. The second-order valence-electron chi connectivity index (χ2n) is 6.33. The highest BCUT2D eigenvalue weighted by Crippen LogP contribution is 2.21. The second kappa shape index (κ2) is 9.29. The summed E-state index contributed by atoms with van der Waals surface area (Å²) in [5.41, 5.74) is 1.20. The van der Waals surface area contributed by atoms with Gasteiger partial charge in [-0.25, -0.2) is 8.42 Å². The molecule has 1 heterocycles. The van der Waals surface area contributed by atoms with Gasteiger partial charge in [0.25, 0.3) is 15.9 Å². The minimum Gasteiger partial charge on any atom is -0.332 e. The largest absolute Gasteiger partial charge is 0.332 e. The Morgan fingerprint density at radius 1 is 1.03 bits per heavy atom. The maximum atomic E-state index is 12.6. The topological polar surface area (TPSA) is 95.6 Å². The van der Waals surface area contributed by atoms with E-state index in [4.69, 9.17) is 11.6 Å². The number of rotatable bonds is 7. The van der Waals surface area contributed by atoms with Gasteiger partial charge in [-0.3, -0.25) is 14.3 Å². The zero-order valence-electron chi connectivity index (χ0n) is 15.8. The maximum Gasteiger partial charge on any atom is 0.271 e. The first-order valence-electron chi connectivity index (χ1n) is 8.72. The van der Waals surface area contributed by atoms with Gasteiger partial charge < -0.3 is 10.2 Å². The first-order valence-corrected chi connectivity index (χ1v) is 11.5. The Labute approximate surface area is 183 Å². The molecule has 1 aromatic heterocycles. The fourth-order valence-corrected chi connectivity index (χ4v) is 4.82. The van der Waals surface area contributed by atoms with Crippen LogP contribution in [0.25, 0.3) is 0 Å². The van der Waals surface area contributed by atoms with Crippen molar-refractivity contribution in [2.24, 2.45) is 0 Å². The van der Waals surface area contributed by atoms with Gasteiger partial charge in [0.15, 0.2) is 0 Å². The van der Waals surface area contributed by atoms with Crippen LogP contribution in [0.15, 0.2) is 70.3 Å². The molecule has 10 heteroatoms. The van der Waals surface area contributed by atoms with E-state index in [1.54, 1.807) is 35.7 Å². The molecule has 0 fully saturated rings. The molecule has 7 nitrogen and oxygen atoms in total. The van der Waals surface area contributed by atoms with Crippen molar-refractivity contribution in [1.82, 2.24) is 4.90 Å². The van der Waals surface area contributed by atoms with Crippen LogP contribution in [-0.2, 0) is 14.8 Å². The van der Waals surface area contributed by atoms with Crippen LogP contribution in [0.3, 0.4) is 0 Å². The fraction of sp³-hybridized carbons (Fsp3) is 0.100. The predicted octanol–water partition coefficient (Wildman–Crippen LogP) is 3.91. The molecule has 0 bridgehead atoms. The SMILES string of the molecule is CN(CC(=O)Nc1cccc(Cl)c1)C(=O)c1ccc(NS(=O)(=O)c2cccs2)cc1. The van der Waals surface area contributed by atoms with Crippen molar-refractivity contribution in [1.29, 1.82) is 0 Å². The number of nitrogens with one attached hydrogen (secondary N) is 2. The van der Waals surface area contributed by atoms with Crippen molar-refractivity contribution < 1.29 is 18.0 Å². The minimum absolute atomic E-state index is 0.155. The van der Waals surface area contributed by atoms with Crippen molar-refractivity contribution in [2.45, 2.75) is 4.21 Å². The first-order chi connectivity index (χ1) is 14.2. The molecule has 2 N–H and O–H groups in total. The molecule has 30 heavy (non-hydrogen) atoms. The average molecular weight is 464 g/mol. The lowest BCUT2D eigenvalue weighted by molar-refractivity contribution is -0.116. The number of carbonyl (C=O) groups is 2. The molecule has 0 aliphatic carbocycles. The van der Waals surface area contributed by atoms with E-state index in [1.807, 2.05) is 0 Å². The number of hydrogen-bond donors (Lipinski definition) is 2. The van der Waals surface area contributed by atoms with E-state index in [0.29, 0.717) is 22.0 Å². The van der Waals surface area contributed by atoms with Crippen LogP contribution in [0, 0.1) is 0 Å². The third-order valence-electron chi connectivity index (χ3n) is 3.98. The van der Waals surface area contributed by atoms with E-state index < -0.39 is 10.0 Å². The molecule has 0 unspecified atom stereocenters. The molecule has 0 saturated heterocycles. The number of amides is 2. The van der Waals surface area contributed by atoms with Gasteiger partial charge in [-0.2, -0.15) is 0 Å². The van der Waals surface area contributed by atoms with Crippen LogP contribution in [-0.4, -0.2) is 38.7 Å². The summed E-state index contributed by atoms with van der Waals surface area (Å²) >= 11 is 7.00. The smallest absolute Gasteiger partial charge is 0.271 e. The van der Waals surface area contributed by atoms with Gasteiger partial charge in [-0.15, -0.1) is 11.3 Å². The molecule has 156 valence electrons. The van der Waals surface area contributed by atoms with Crippen LogP contribution in [0.1, 0.15) is 10.4 Å². The van der Waals surface area contributed by atoms with E-state index in [0.717, 1.165) is 11.3 Å². The van der Waals surface area contributed by atoms with Gasteiger partial charge in [0.2, 0.25) is 5.91 Å². The zero-order valence-corrected chi connectivity index (χ0v) is 18.2. The van der Waals surface area contributed by atoms with Crippen molar-refractivity contribution in [3.63, 3.8) is 0 Å². The van der Waals surface area contributed by atoms with Crippen molar-refractivity contribution in [3.8, 4) is 0 Å². The highest BCUT2D eigenvalue weighted by molar-refractivity contribution is 7.94. The van der Waals surface area contributed by atoms with Gasteiger partial charge in [0, 0.05) is 29.0 Å². The van der Waals surface area contributed by atoms with Crippen LogP contribution in [0.4, 0.5) is 11.4 Å². The van der Waals surface area contributed by atoms with Crippen LogP contribution in [0.5, 0.6) is 0 Å². The Morgan fingerprint density at radius 3 is 2.40 bits per heavy atom. The fourth-order valence-electron chi connectivity index (χ4n) is 2.58. The van der Waals surface area contributed by atoms with E-state index in [1.165, 1.54) is 42.3 Å². The number of nitrogens with zero attached hydrogens (tertiary/aromatic N) is 1. The number of carbonyl (C=O) groups excluding carboxylic acids is 2. The highest BCUT2D eigenvalue weighted by atomic mass is 35.5. The Bertz CT molecular complexity index is 1150. The summed E-state index contributed by atoms with van der Waals surface area (Å²) in [7, 11) is -2.15.